The number of anilines is 2. The molecule has 0 aliphatic rings. The van der Waals surface area contributed by atoms with Gasteiger partial charge in [-0.05, 0) is 60.8 Å². The van der Waals surface area contributed by atoms with E-state index in [2.05, 4.69) is 43.1 Å². The van der Waals surface area contributed by atoms with Gasteiger partial charge < -0.3 is 20.7 Å². The van der Waals surface area contributed by atoms with Gasteiger partial charge in [-0.3, -0.25) is 0 Å². The van der Waals surface area contributed by atoms with Crippen LogP contribution in [0.25, 0.3) is 0 Å². The van der Waals surface area contributed by atoms with E-state index in [1.54, 1.807) is 0 Å². The van der Waals surface area contributed by atoms with Gasteiger partial charge in [0.25, 0.3) is 0 Å². The van der Waals surface area contributed by atoms with Crippen molar-refractivity contribution in [3.05, 3.63) is 12.1 Å². The fourth-order valence-corrected chi connectivity index (χ4v) is 1.39. The third-order valence-corrected chi connectivity index (χ3v) is 3.21. The van der Waals surface area contributed by atoms with Gasteiger partial charge >= 0.3 is 0 Å². The van der Waals surface area contributed by atoms with Gasteiger partial charge in [0, 0.05) is 12.1 Å². The number of nitrogens with one attached hydrogen (secondary N) is 1. The topological polar surface area (TPSA) is 63.4 Å². The second-order valence-corrected chi connectivity index (χ2v) is 6.87. The highest BCUT2D eigenvalue weighted by Crippen LogP contribution is 2.25. The number of nitrogens with zero attached hydrogens (tertiary/aromatic N) is 2. The summed E-state index contributed by atoms with van der Waals surface area (Å²) in [5.74, 6) is 1.25. The molecule has 0 aliphatic heterocycles. The SMILES string of the molecule is CN(C)C(C)(C)CNc1ccc(N)c(OC(C)(C)C)n1. The summed E-state index contributed by atoms with van der Waals surface area (Å²) in [4.78, 5) is 6.61. The van der Waals surface area contributed by atoms with Crippen LogP contribution in [0.4, 0.5) is 11.5 Å². The highest BCUT2D eigenvalue weighted by atomic mass is 16.5. The van der Waals surface area contributed by atoms with Crippen LogP contribution < -0.4 is 15.8 Å². The van der Waals surface area contributed by atoms with E-state index < -0.39 is 0 Å². The van der Waals surface area contributed by atoms with Crippen LogP contribution in [0.15, 0.2) is 12.1 Å². The molecule has 1 aromatic rings. The summed E-state index contributed by atoms with van der Waals surface area (Å²) in [6, 6.07) is 3.69. The number of likely N-dealkylation sites (N-methyl/N-ethyl adjacent to an activating group) is 1. The molecule has 0 atom stereocenters. The van der Waals surface area contributed by atoms with Gasteiger partial charge in [-0.25, -0.2) is 0 Å². The maximum absolute atomic E-state index is 5.90. The zero-order valence-electron chi connectivity index (χ0n) is 13.7. The van der Waals surface area contributed by atoms with Crippen molar-refractivity contribution in [3.63, 3.8) is 0 Å². The van der Waals surface area contributed by atoms with Gasteiger partial charge in [-0.15, -0.1) is 0 Å². The lowest BCUT2D eigenvalue weighted by atomic mass is 10.0. The number of hydrogen-bond donors (Lipinski definition) is 2. The molecule has 0 unspecified atom stereocenters. The zero-order valence-corrected chi connectivity index (χ0v) is 13.7. The Morgan fingerprint density at radius 1 is 1.20 bits per heavy atom. The second kappa shape index (κ2) is 5.87. The van der Waals surface area contributed by atoms with Crippen LogP contribution in [0, 0.1) is 0 Å². The van der Waals surface area contributed by atoms with Crippen molar-refractivity contribution in [2.75, 3.05) is 31.7 Å². The maximum atomic E-state index is 5.90. The normalized spacial score (nSPS) is 12.6. The standard InChI is InChI=1S/C15H28N4O/c1-14(2,3)20-13-11(16)8-9-12(18-13)17-10-15(4,5)19(6)7/h8-9H,10,16H2,1-7H3,(H,17,18). The molecule has 0 saturated carbocycles. The third kappa shape index (κ3) is 4.89. The van der Waals surface area contributed by atoms with E-state index in [4.69, 9.17) is 10.5 Å². The molecule has 1 aromatic heterocycles. The van der Waals surface area contributed by atoms with E-state index in [0.717, 1.165) is 12.4 Å². The molecule has 20 heavy (non-hydrogen) atoms. The Labute approximate surface area is 122 Å². The lowest BCUT2D eigenvalue weighted by Gasteiger charge is -2.33. The number of ether oxygens (including phenoxy) is 1. The summed E-state index contributed by atoms with van der Waals surface area (Å²) in [7, 11) is 4.12. The number of hydrogen-bond acceptors (Lipinski definition) is 5. The van der Waals surface area contributed by atoms with Crippen molar-refractivity contribution in [1.29, 1.82) is 0 Å². The van der Waals surface area contributed by atoms with E-state index in [1.807, 2.05) is 32.9 Å². The zero-order chi connectivity index (χ0) is 15.6. The van der Waals surface area contributed by atoms with E-state index in [0.29, 0.717) is 11.6 Å². The van der Waals surface area contributed by atoms with Crippen molar-refractivity contribution < 1.29 is 4.74 Å². The highest BCUT2D eigenvalue weighted by Gasteiger charge is 2.20. The molecule has 1 heterocycles. The first kappa shape index (κ1) is 16.6. The molecule has 0 fully saturated rings. The fourth-order valence-electron chi connectivity index (χ4n) is 1.39. The van der Waals surface area contributed by atoms with Crippen LogP contribution in [0.3, 0.4) is 0 Å². The molecule has 0 aliphatic carbocycles. The highest BCUT2D eigenvalue weighted by molar-refractivity contribution is 5.53. The number of nitrogens with two attached hydrogens (primary N) is 1. The molecule has 0 aromatic carbocycles. The van der Waals surface area contributed by atoms with Crippen molar-refractivity contribution >= 4 is 11.5 Å². The van der Waals surface area contributed by atoms with E-state index >= 15 is 0 Å². The van der Waals surface area contributed by atoms with Gasteiger partial charge in [-0.1, -0.05) is 0 Å². The molecule has 1 rings (SSSR count). The van der Waals surface area contributed by atoms with E-state index in [-0.39, 0.29) is 11.1 Å². The van der Waals surface area contributed by atoms with Gasteiger partial charge in [-0.2, -0.15) is 4.98 Å². The first-order valence-corrected chi connectivity index (χ1v) is 6.88. The van der Waals surface area contributed by atoms with Crippen LogP contribution in [-0.2, 0) is 0 Å². The van der Waals surface area contributed by atoms with Crippen LogP contribution in [0.2, 0.25) is 0 Å². The molecule has 3 N–H and O–H groups in total. The minimum absolute atomic E-state index is 0.0358. The van der Waals surface area contributed by atoms with Crippen LogP contribution >= 0.6 is 0 Å². The predicted molar refractivity (Wildman–Crippen MR) is 85.3 cm³/mol. The Kier molecular flexibility index (Phi) is 4.86. The van der Waals surface area contributed by atoms with Crippen molar-refractivity contribution in [1.82, 2.24) is 9.88 Å². The Morgan fingerprint density at radius 2 is 1.80 bits per heavy atom. The molecule has 5 heteroatoms. The molecule has 0 radical (unpaired) electrons. The quantitative estimate of drug-likeness (QED) is 0.868. The Hall–Kier alpha value is -1.49. The van der Waals surface area contributed by atoms with E-state index in [9.17, 15) is 0 Å². The molecule has 0 amide bonds. The average molecular weight is 280 g/mol. The average Bonchev–Trinajstić information content (AvgIpc) is 2.28. The van der Waals surface area contributed by atoms with Gasteiger partial charge in [0.2, 0.25) is 5.88 Å². The molecule has 114 valence electrons. The van der Waals surface area contributed by atoms with Gasteiger partial charge in [0.1, 0.15) is 11.4 Å². The minimum Gasteiger partial charge on any atom is -0.470 e. The predicted octanol–water partition coefficient (Wildman–Crippen LogP) is 2.59. The maximum Gasteiger partial charge on any atom is 0.239 e. The number of rotatable bonds is 5. The number of aromatic nitrogens is 1. The summed E-state index contributed by atoms with van der Waals surface area (Å²) in [6.07, 6.45) is 0. The first-order valence-electron chi connectivity index (χ1n) is 6.88. The largest absolute Gasteiger partial charge is 0.470 e. The van der Waals surface area contributed by atoms with Crippen molar-refractivity contribution in [2.45, 2.75) is 45.8 Å². The van der Waals surface area contributed by atoms with Crippen LogP contribution in [0.1, 0.15) is 34.6 Å². The monoisotopic (exact) mass is 280 g/mol. The summed E-state index contributed by atoms with van der Waals surface area (Å²) in [5, 5.41) is 3.33. The second-order valence-electron chi connectivity index (χ2n) is 6.87. The fraction of sp³-hybridized carbons (Fsp3) is 0.667. The third-order valence-electron chi connectivity index (χ3n) is 3.21. The van der Waals surface area contributed by atoms with E-state index in [1.165, 1.54) is 0 Å². The Balaban J connectivity index is 2.80. The Morgan fingerprint density at radius 3 is 2.30 bits per heavy atom. The minimum atomic E-state index is -0.317. The lowest BCUT2D eigenvalue weighted by molar-refractivity contribution is 0.125. The summed E-state index contributed by atoms with van der Waals surface area (Å²) < 4.78 is 5.77. The van der Waals surface area contributed by atoms with Crippen LogP contribution in [0.5, 0.6) is 5.88 Å². The van der Waals surface area contributed by atoms with Gasteiger partial charge in [0.15, 0.2) is 0 Å². The summed E-state index contributed by atoms with van der Waals surface area (Å²) in [5.41, 5.74) is 6.18. The number of nitrogen functional groups attached to an aromatic ring is 1. The molecule has 5 nitrogen and oxygen atoms in total. The molecular formula is C15H28N4O. The number of pyridine rings is 1. The molecular weight excluding hydrogens is 252 g/mol. The lowest BCUT2D eigenvalue weighted by Crippen LogP contribution is -2.44. The molecule has 0 spiro atoms. The van der Waals surface area contributed by atoms with Gasteiger partial charge in [0.05, 0.1) is 5.69 Å². The Bertz CT molecular complexity index is 450. The first-order chi connectivity index (χ1) is 9.01. The molecule has 0 bridgehead atoms. The van der Waals surface area contributed by atoms with Crippen LogP contribution in [-0.4, -0.2) is 41.7 Å². The summed E-state index contributed by atoms with van der Waals surface area (Å²) >= 11 is 0. The van der Waals surface area contributed by atoms with Crippen molar-refractivity contribution in [3.8, 4) is 5.88 Å². The molecule has 0 saturated heterocycles. The van der Waals surface area contributed by atoms with Crippen molar-refractivity contribution in [2.24, 2.45) is 0 Å². The smallest absolute Gasteiger partial charge is 0.239 e. The summed E-state index contributed by atoms with van der Waals surface area (Å²) in [6.45, 7) is 11.1.